The van der Waals surface area contributed by atoms with Crippen molar-refractivity contribution >= 4 is 23.6 Å². The molecule has 2 amide bonds. The second kappa shape index (κ2) is 8.60. The van der Waals surface area contributed by atoms with E-state index in [2.05, 4.69) is 10.6 Å². The molecule has 3 rings (SSSR count). The number of benzene rings is 2. The van der Waals surface area contributed by atoms with Crippen molar-refractivity contribution in [2.45, 2.75) is 13.0 Å². The summed E-state index contributed by atoms with van der Waals surface area (Å²) in [6.45, 7) is 1.98. The molecule has 0 saturated carbocycles. The van der Waals surface area contributed by atoms with Gasteiger partial charge in [-0.3, -0.25) is 0 Å². The van der Waals surface area contributed by atoms with Gasteiger partial charge in [-0.05, 0) is 36.8 Å². The normalized spacial score (nSPS) is 16.4. The number of esters is 1. The van der Waals surface area contributed by atoms with Gasteiger partial charge in [0.15, 0.2) is 0 Å². The van der Waals surface area contributed by atoms with Crippen molar-refractivity contribution in [3.05, 3.63) is 76.5 Å². The molecular formula is C20H19ClN2O4. The average Bonchev–Trinajstić information content (AvgIpc) is 2.66. The van der Waals surface area contributed by atoms with Crippen LogP contribution in [-0.4, -0.2) is 25.2 Å². The first-order chi connectivity index (χ1) is 13.0. The number of hydrogen-bond acceptors (Lipinski definition) is 4. The minimum Gasteiger partial charge on any atom is -0.490 e. The van der Waals surface area contributed by atoms with E-state index in [0.29, 0.717) is 22.0 Å². The summed E-state index contributed by atoms with van der Waals surface area (Å²) in [5.74, 6) is 0.186. The van der Waals surface area contributed by atoms with Gasteiger partial charge >= 0.3 is 12.0 Å². The lowest BCUT2D eigenvalue weighted by Crippen LogP contribution is -2.45. The van der Waals surface area contributed by atoms with Crippen LogP contribution in [0.15, 0.2) is 65.9 Å². The number of urea groups is 1. The highest BCUT2D eigenvalue weighted by atomic mass is 35.5. The van der Waals surface area contributed by atoms with E-state index in [0.717, 1.165) is 5.56 Å². The van der Waals surface area contributed by atoms with Gasteiger partial charge < -0.3 is 20.1 Å². The number of nitrogens with one attached hydrogen (secondary N) is 2. The van der Waals surface area contributed by atoms with E-state index < -0.39 is 12.0 Å². The predicted octanol–water partition coefficient (Wildman–Crippen LogP) is 3.59. The number of allylic oxidation sites excluding steroid dienone is 1. The molecule has 2 aromatic rings. The standard InChI is InChI=1S/C20H19ClN2O4/c1-13-17(19(24)27-12-11-26-16-5-3-2-4-6-16)18(23-20(25)22-13)14-7-9-15(21)10-8-14/h2-10,18H,11-12H2,1H3,(H2,22,23,25)/t18-/m0/s1. The largest absolute Gasteiger partial charge is 0.490 e. The third-order valence-corrected chi connectivity index (χ3v) is 4.27. The summed E-state index contributed by atoms with van der Waals surface area (Å²) < 4.78 is 10.9. The number of carbonyl (C=O) groups excluding carboxylic acids is 2. The van der Waals surface area contributed by atoms with Gasteiger partial charge in [-0.1, -0.05) is 41.9 Å². The maximum Gasteiger partial charge on any atom is 0.338 e. The van der Waals surface area contributed by atoms with Crippen LogP contribution in [0.5, 0.6) is 5.75 Å². The Labute approximate surface area is 162 Å². The van der Waals surface area contributed by atoms with Crippen molar-refractivity contribution in [1.29, 1.82) is 0 Å². The Morgan fingerprint density at radius 2 is 1.78 bits per heavy atom. The van der Waals surface area contributed by atoms with Crippen molar-refractivity contribution in [3.63, 3.8) is 0 Å². The van der Waals surface area contributed by atoms with Crippen LogP contribution in [0.25, 0.3) is 0 Å². The van der Waals surface area contributed by atoms with Gasteiger partial charge in [0, 0.05) is 10.7 Å². The molecule has 7 heteroatoms. The zero-order chi connectivity index (χ0) is 19.2. The molecular weight excluding hydrogens is 368 g/mol. The van der Waals surface area contributed by atoms with Crippen LogP contribution in [0.1, 0.15) is 18.5 Å². The molecule has 6 nitrogen and oxygen atoms in total. The van der Waals surface area contributed by atoms with Crippen molar-refractivity contribution < 1.29 is 19.1 Å². The molecule has 2 N–H and O–H groups in total. The van der Waals surface area contributed by atoms with Crippen molar-refractivity contribution in [3.8, 4) is 5.75 Å². The SMILES string of the molecule is CC1=C(C(=O)OCCOc2ccccc2)[C@H](c2ccc(Cl)cc2)NC(=O)N1. The molecule has 0 bridgehead atoms. The third kappa shape index (κ3) is 4.80. The quantitative estimate of drug-likeness (QED) is 0.587. The van der Waals surface area contributed by atoms with Gasteiger partial charge in [0.05, 0.1) is 11.6 Å². The molecule has 2 aromatic carbocycles. The highest BCUT2D eigenvalue weighted by Gasteiger charge is 2.32. The first-order valence-corrected chi connectivity index (χ1v) is 8.81. The molecule has 1 heterocycles. The van der Waals surface area contributed by atoms with Crippen LogP contribution in [0.3, 0.4) is 0 Å². The maximum absolute atomic E-state index is 12.6. The van der Waals surface area contributed by atoms with Crippen molar-refractivity contribution in [1.82, 2.24) is 10.6 Å². The summed E-state index contributed by atoms with van der Waals surface area (Å²) in [6, 6.07) is 15.2. The highest BCUT2D eigenvalue weighted by Crippen LogP contribution is 2.28. The van der Waals surface area contributed by atoms with Crippen LogP contribution in [0, 0.1) is 0 Å². The summed E-state index contributed by atoms with van der Waals surface area (Å²) in [5.41, 5.74) is 1.53. The zero-order valence-electron chi connectivity index (χ0n) is 14.7. The molecule has 0 unspecified atom stereocenters. The topological polar surface area (TPSA) is 76.7 Å². The van der Waals surface area contributed by atoms with Gasteiger partial charge in [-0.15, -0.1) is 0 Å². The molecule has 0 aliphatic carbocycles. The van der Waals surface area contributed by atoms with E-state index in [-0.39, 0.29) is 19.2 Å². The molecule has 0 radical (unpaired) electrons. The monoisotopic (exact) mass is 386 g/mol. The Morgan fingerprint density at radius 3 is 2.48 bits per heavy atom. The number of hydrogen-bond donors (Lipinski definition) is 2. The zero-order valence-corrected chi connectivity index (χ0v) is 15.5. The van der Waals surface area contributed by atoms with E-state index in [9.17, 15) is 9.59 Å². The van der Waals surface area contributed by atoms with Crippen LogP contribution in [0.4, 0.5) is 4.79 Å². The number of para-hydroxylation sites is 1. The van der Waals surface area contributed by atoms with Crippen LogP contribution in [-0.2, 0) is 9.53 Å². The molecule has 0 spiro atoms. The van der Waals surface area contributed by atoms with Crippen LogP contribution in [0.2, 0.25) is 5.02 Å². The minimum absolute atomic E-state index is 0.0891. The van der Waals surface area contributed by atoms with Crippen molar-refractivity contribution in [2.24, 2.45) is 0 Å². The average molecular weight is 387 g/mol. The van der Waals surface area contributed by atoms with E-state index in [1.165, 1.54) is 0 Å². The fourth-order valence-electron chi connectivity index (χ4n) is 2.76. The molecule has 1 aliphatic rings. The first kappa shape index (κ1) is 18.8. The third-order valence-electron chi connectivity index (χ3n) is 4.02. The second-order valence-corrected chi connectivity index (χ2v) is 6.36. The lowest BCUT2D eigenvalue weighted by atomic mass is 9.96. The number of rotatable bonds is 6. The van der Waals surface area contributed by atoms with Gasteiger partial charge in [-0.2, -0.15) is 0 Å². The molecule has 140 valence electrons. The van der Waals surface area contributed by atoms with Crippen molar-refractivity contribution in [2.75, 3.05) is 13.2 Å². The Morgan fingerprint density at radius 1 is 1.07 bits per heavy atom. The molecule has 27 heavy (non-hydrogen) atoms. The van der Waals surface area contributed by atoms with Crippen LogP contribution < -0.4 is 15.4 Å². The Kier molecular flexibility index (Phi) is 5.98. The smallest absolute Gasteiger partial charge is 0.338 e. The summed E-state index contributed by atoms with van der Waals surface area (Å²) >= 11 is 5.92. The molecule has 0 saturated heterocycles. The lowest BCUT2D eigenvalue weighted by molar-refractivity contribution is -0.140. The minimum atomic E-state index is -0.612. The maximum atomic E-state index is 12.6. The number of carbonyl (C=O) groups is 2. The Bertz CT molecular complexity index is 850. The summed E-state index contributed by atoms with van der Waals surface area (Å²) in [7, 11) is 0. The van der Waals surface area contributed by atoms with Gasteiger partial charge in [0.25, 0.3) is 0 Å². The highest BCUT2D eigenvalue weighted by molar-refractivity contribution is 6.30. The summed E-state index contributed by atoms with van der Waals surface area (Å²) in [6.07, 6.45) is 0. The molecule has 0 aromatic heterocycles. The Balaban J connectivity index is 1.67. The molecule has 0 fully saturated rings. The van der Waals surface area contributed by atoms with Gasteiger partial charge in [0.2, 0.25) is 0 Å². The van der Waals surface area contributed by atoms with E-state index in [4.69, 9.17) is 21.1 Å². The van der Waals surface area contributed by atoms with E-state index in [1.807, 2.05) is 30.3 Å². The first-order valence-electron chi connectivity index (χ1n) is 8.43. The summed E-state index contributed by atoms with van der Waals surface area (Å²) in [4.78, 5) is 24.5. The number of halogens is 1. The molecule has 1 atom stereocenters. The fourth-order valence-corrected chi connectivity index (χ4v) is 2.88. The number of amides is 2. The fraction of sp³-hybridized carbons (Fsp3) is 0.200. The van der Waals surface area contributed by atoms with E-state index in [1.54, 1.807) is 31.2 Å². The summed E-state index contributed by atoms with van der Waals surface area (Å²) in [5, 5.41) is 5.93. The van der Waals surface area contributed by atoms with E-state index >= 15 is 0 Å². The second-order valence-electron chi connectivity index (χ2n) is 5.92. The van der Waals surface area contributed by atoms with Crippen LogP contribution >= 0.6 is 11.6 Å². The van der Waals surface area contributed by atoms with Gasteiger partial charge in [-0.25, -0.2) is 9.59 Å². The molecule has 1 aliphatic heterocycles. The lowest BCUT2D eigenvalue weighted by Gasteiger charge is -2.28. The number of ether oxygens (including phenoxy) is 2. The predicted molar refractivity (Wildman–Crippen MR) is 101 cm³/mol. The Hall–Kier alpha value is -2.99. The van der Waals surface area contributed by atoms with Gasteiger partial charge in [0.1, 0.15) is 19.0 Å².